The van der Waals surface area contributed by atoms with Crippen molar-refractivity contribution in [2.24, 2.45) is 0 Å². The number of likely N-dealkylation sites (N-methyl/N-ethyl adjacent to an activating group) is 1. The first-order valence-electron chi connectivity index (χ1n) is 6.78. The average Bonchev–Trinajstić information content (AvgIpc) is 2.29. The van der Waals surface area contributed by atoms with Gasteiger partial charge in [-0.3, -0.25) is 0 Å². The molecule has 0 aromatic heterocycles. The van der Waals surface area contributed by atoms with Crippen molar-refractivity contribution >= 4 is 0 Å². The second-order valence-corrected chi connectivity index (χ2v) is 5.83. The normalized spacial score (nSPS) is 11.7. The molecule has 102 valence electrons. The Morgan fingerprint density at radius 1 is 1.22 bits per heavy atom. The van der Waals surface area contributed by atoms with Gasteiger partial charge >= 0.3 is 0 Å². The van der Waals surface area contributed by atoms with Crippen molar-refractivity contribution < 1.29 is 4.74 Å². The van der Waals surface area contributed by atoms with Crippen LogP contribution in [0.5, 0.6) is 5.75 Å². The Kier molecular flexibility index (Phi) is 5.21. The molecule has 0 saturated heterocycles. The van der Waals surface area contributed by atoms with Crippen molar-refractivity contribution in [3.8, 4) is 5.75 Å². The van der Waals surface area contributed by atoms with E-state index in [1.165, 1.54) is 16.7 Å². The standard InChI is InChI=1S/C16H27NO/c1-7-17-9-8-13-11-14(16(3,4)5)15(18-6)10-12(13)2/h10-11,17H,7-9H2,1-6H3. The molecule has 1 rings (SSSR count). The zero-order valence-corrected chi connectivity index (χ0v) is 12.7. The van der Waals surface area contributed by atoms with E-state index in [9.17, 15) is 0 Å². The highest BCUT2D eigenvalue weighted by Crippen LogP contribution is 2.33. The highest BCUT2D eigenvalue weighted by atomic mass is 16.5. The molecule has 2 heteroatoms. The lowest BCUT2D eigenvalue weighted by molar-refractivity contribution is 0.397. The molecule has 0 amide bonds. The third-order valence-corrected chi connectivity index (χ3v) is 3.29. The third-order valence-electron chi connectivity index (χ3n) is 3.29. The minimum absolute atomic E-state index is 0.117. The van der Waals surface area contributed by atoms with Gasteiger partial charge < -0.3 is 10.1 Å². The number of aryl methyl sites for hydroxylation is 1. The molecule has 0 atom stereocenters. The molecule has 1 aromatic rings. The molecule has 1 N–H and O–H groups in total. The second-order valence-electron chi connectivity index (χ2n) is 5.83. The minimum atomic E-state index is 0.117. The SMILES string of the molecule is CCNCCc1cc(C(C)(C)C)c(OC)cc1C. The van der Waals surface area contributed by atoms with Crippen LogP contribution >= 0.6 is 0 Å². The fraction of sp³-hybridized carbons (Fsp3) is 0.625. The van der Waals surface area contributed by atoms with E-state index in [2.05, 4.69) is 52.1 Å². The molecular weight excluding hydrogens is 222 g/mol. The summed E-state index contributed by atoms with van der Waals surface area (Å²) < 4.78 is 5.52. The third kappa shape index (κ3) is 3.74. The molecule has 0 spiro atoms. The van der Waals surface area contributed by atoms with E-state index in [0.29, 0.717) is 0 Å². The van der Waals surface area contributed by atoms with Crippen LogP contribution in [0.4, 0.5) is 0 Å². The summed E-state index contributed by atoms with van der Waals surface area (Å²) in [5.74, 6) is 1.01. The Balaban J connectivity index is 3.06. The van der Waals surface area contributed by atoms with E-state index in [1.54, 1.807) is 7.11 Å². The monoisotopic (exact) mass is 249 g/mol. The molecule has 18 heavy (non-hydrogen) atoms. The highest BCUT2D eigenvalue weighted by Gasteiger charge is 2.20. The number of hydrogen-bond donors (Lipinski definition) is 1. The number of hydrogen-bond acceptors (Lipinski definition) is 2. The van der Waals surface area contributed by atoms with E-state index in [-0.39, 0.29) is 5.41 Å². The smallest absolute Gasteiger partial charge is 0.122 e. The topological polar surface area (TPSA) is 21.3 Å². The number of methoxy groups -OCH3 is 1. The Morgan fingerprint density at radius 3 is 2.39 bits per heavy atom. The molecular formula is C16H27NO. The van der Waals surface area contributed by atoms with Crippen molar-refractivity contribution in [3.05, 3.63) is 28.8 Å². The van der Waals surface area contributed by atoms with Crippen LogP contribution in [-0.2, 0) is 11.8 Å². The zero-order chi connectivity index (χ0) is 13.8. The molecule has 0 aliphatic carbocycles. The second kappa shape index (κ2) is 6.24. The number of ether oxygens (including phenoxy) is 1. The average molecular weight is 249 g/mol. The first kappa shape index (κ1) is 15.0. The summed E-state index contributed by atoms with van der Waals surface area (Å²) in [5.41, 5.74) is 4.15. The summed E-state index contributed by atoms with van der Waals surface area (Å²) in [6.45, 7) is 13.1. The first-order chi connectivity index (χ1) is 8.40. The molecule has 1 aromatic carbocycles. The number of rotatable bonds is 5. The zero-order valence-electron chi connectivity index (χ0n) is 12.7. The molecule has 0 bridgehead atoms. The van der Waals surface area contributed by atoms with Gasteiger partial charge in [0.2, 0.25) is 0 Å². The van der Waals surface area contributed by atoms with Crippen LogP contribution in [0.3, 0.4) is 0 Å². The van der Waals surface area contributed by atoms with Crippen LogP contribution in [0.25, 0.3) is 0 Å². The van der Waals surface area contributed by atoms with E-state index in [4.69, 9.17) is 4.74 Å². The van der Waals surface area contributed by atoms with Crippen LogP contribution < -0.4 is 10.1 Å². The molecule has 0 unspecified atom stereocenters. The Bertz CT molecular complexity index is 391. The minimum Gasteiger partial charge on any atom is -0.496 e. The highest BCUT2D eigenvalue weighted by molar-refractivity contribution is 5.45. The lowest BCUT2D eigenvalue weighted by atomic mass is 9.84. The van der Waals surface area contributed by atoms with Gasteiger partial charge in [0.1, 0.15) is 5.75 Å². The van der Waals surface area contributed by atoms with Gasteiger partial charge in [0.15, 0.2) is 0 Å². The van der Waals surface area contributed by atoms with Gasteiger partial charge in [0.25, 0.3) is 0 Å². The Hall–Kier alpha value is -1.02. The van der Waals surface area contributed by atoms with Crippen molar-refractivity contribution in [2.45, 2.75) is 46.5 Å². The summed E-state index contributed by atoms with van der Waals surface area (Å²) in [7, 11) is 1.75. The first-order valence-corrected chi connectivity index (χ1v) is 6.78. The maximum Gasteiger partial charge on any atom is 0.122 e. The fourth-order valence-electron chi connectivity index (χ4n) is 2.15. The van der Waals surface area contributed by atoms with E-state index in [1.807, 2.05) is 0 Å². The van der Waals surface area contributed by atoms with E-state index >= 15 is 0 Å². The van der Waals surface area contributed by atoms with Crippen LogP contribution in [0.1, 0.15) is 44.4 Å². The predicted octanol–water partition coefficient (Wildman–Crippen LogP) is 3.45. The Morgan fingerprint density at radius 2 is 1.89 bits per heavy atom. The van der Waals surface area contributed by atoms with Gasteiger partial charge in [-0.1, -0.05) is 33.8 Å². The van der Waals surface area contributed by atoms with Crippen molar-refractivity contribution in [1.29, 1.82) is 0 Å². The molecule has 2 nitrogen and oxygen atoms in total. The lowest BCUT2D eigenvalue weighted by Gasteiger charge is -2.24. The quantitative estimate of drug-likeness (QED) is 0.807. The summed E-state index contributed by atoms with van der Waals surface area (Å²) in [5, 5.41) is 3.38. The number of benzene rings is 1. The van der Waals surface area contributed by atoms with Crippen molar-refractivity contribution in [1.82, 2.24) is 5.32 Å². The largest absolute Gasteiger partial charge is 0.496 e. The van der Waals surface area contributed by atoms with E-state index in [0.717, 1.165) is 25.3 Å². The Labute approximate surface area is 112 Å². The van der Waals surface area contributed by atoms with Gasteiger partial charge in [0.05, 0.1) is 7.11 Å². The van der Waals surface area contributed by atoms with Gasteiger partial charge in [-0.05, 0) is 54.6 Å². The van der Waals surface area contributed by atoms with Gasteiger partial charge in [-0.2, -0.15) is 0 Å². The molecule has 0 fully saturated rings. The molecule has 0 saturated carbocycles. The van der Waals surface area contributed by atoms with Gasteiger partial charge in [-0.15, -0.1) is 0 Å². The predicted molar refractivity (Wildman–Crippen MR) is 78.7 cm³/mol. The van der Waals surface area contributed by atoms with Crippen LogP contribution in [-0.4, -0.2) is 20.2 Å². The van der Waals surface area contributed by atoms with Crippen molar-refractivity contribution in [3.63, 3.8) is 0 Å². The van der Waals surface area contributed by atoms with Crippen LogP contribution in [0, 0.1) is 6.92 Å². The molecule has 0 aliphatic heterocycles. The summed E-state index contributed by atoms with van der Waals surface area (Å²) in [6, 6.07) is 4.48. The van der Waals surface area contributed by atoms with Crippen molar-refractivity contribution in [2.75, 3.05) is 20.2 Å². The van der Waals surface area contributed by atoms with Gasteiger partial charge in [-0.25, -0.2) is 0 Å². The maximum atomic E-state index is 5.52. The summed E-state index contributed by atoms with van der Waals surface area (Å²) in [6.07, 6.45) is 1.08. The number of nitrogens with one attached hydrogen (secondary N) is 1. The fourth-order valence-corrected chi connectivity index (χ4v) is 2.15. The molecule has 0 radical (unpaired) electrons. The van der Waals surface area contributed by atoms with Crippen LogP contribution in [0.2, 0.25) is 0 Å². The maximum absolute atomic E-state index is 5.52. The summed E-state index contributed by atoms with van der Waals surface area (Å²) >= 11 is 0. The lowest BCUT2D eigenvalue weighted by Crippen LogP contribution is -2.18. The van der Waals surface area contributed by atoms with E-state index < -0.39 is 0 Å². The molecule has 0 heterocycles. The molecule has 0 aliphatic rings. The van der Waals surface area contributed by atoms with Gasteiger partial charge in [0, 0.05) is 0 Å². The van der Waals surface area contributed by atoms with Crippen LogP contribution in [0.15, 0.2) is 12.1 Å². The summed E-state index contributed by atoms with van der Waals surface area (Å²) in [4.78, 5) is 0.